The van der Waals surface area contributed by atoms with Gasteiger partial charge in [-0.05, 0) is 30.9 Å². The summed E-state index contributed by atoms with van der Waals surface area (Å²) in [6, 6.07) is 10.4. The predicted molar refractivity (Wildman–Crippen MR) is 78.7 cm³/mol. The van der Waals surface area contributed by atoms with Gasteiger partial charge in [0.05, 0.1) is 5.84 Å². The predicted octanol–water partition coefficient (Wildman–Crippen LogP) is 2.25. The van der Waals surface area contributed by atoms with E-state index in [4.69, 9.17) is 15.9 Å². The molecule has 1 saturated heterocycles. The maximum Gasteiger partial charge on any atom is 0.0923 e. The first-order valence-electron chi connectivity index (χ1n) is 6.96. The average molecular weight is 261 g/mol. The Balaban J connectivity index is 1.98. The van der Waals surface area contributed by atoms with Crippen LogP contribution in [0.25, 0.3) is 0 Å². The van der Waals surface area contributed by atoms with Crippen LogP contribution < -0.4 is 10.6 Å². The lowest BCUT2D eigenvalue weighted by Crippen LogP contribution is -2.34. The summed E-state index contributed by atoms with van der Waals surface area (Å²) in [6.07, 6.45) is 2.88. The highest BCUT2D eigenvalue weighted by Crippen LogP contribution is 2.21. The zero-order valence-electron chi connectivity index (χ0n) is 11.3. The molecule has 0 spiro atoms. The summed E-state index contributed by atoms with van der Waals surface area (Å²) in [7, 11) is 0. The minimum Gasteiger partial charge on any atom is -0.388 e. The molecule has 2 rings (SSSR count). The van der Waals surface area contributed by atoms with E-state index in [1.807, 2.05) is 6.07 Å². The van der Waals surface area contributed by atoms with E-state index in [-0.39, 0.29) is 5.84 Å². The van der Waals surface area contributed by atoms with Crippen molar-refractivity contribution < 1.29 is 4.74 Å². The zero-order chi connectivity index (χ0) is 13.5. The van der Waals surface area contributed by atoms with E-state index >= 15 is 0 Å². The Morgan fingerprint density at radius 1 is 1.26 bits per heavy atom. The van der Waals surface area contributed by atoms with E-state index in [0.29, 0.717) is 12.3 Å². The molecule has 3 N–H and O–H groups in total. The number of amidine groups is 1. The molecule has 0 aromatic heterocycles. The number of anilines is 1. The quantitative estimate of drug-likeness (QED) is 0.610. The molecule has 0 aliphatic carbocycles. The molecular formula is C15H23N3O. The van der Waals surface area contributed by atoms with Crippen LogP contribution in [0.1, 0.15) is 19.3 Å². The van der Waals surface area contributed by atoms with Gasteiger partial charge in [0.2, 0.25) is 0 Å². The van der Waals surface area contributed by atoms with Crippen LogP contribution in [-0.4, -0.2) is 32.1 Å². The second kappa shape index (κ2) is 7.14. The molecule has 0 bridgehead atoms. The first-order valence-corrected chi connectivity index (χ1v) is 6.96. The number of hydrogen-bond donors (Lipinski definition) is 2. The Labute approximate surface area is 115 Å². The van der Waals surface area contributed by atoms with Gasteiger partial charge in [-0.15, -0.1) is 0 Å². The fourth-order valence-electron chi connectivity index (χ4n) is 2.46. The second-order valence-corrected chi connectivity index (χ2v) is 5.11. The smallest absolute Gasteiger partial charge is 0.0923 e. The van der Waals surface area contributed by atoms with Gasteiger partial charge >= 0.3 is 0 Å². The molecule has 0 radical (unpaired) electrons. The minimum atomic E-state index is 0.257. The Morgan fingerprint density at radius 2 is 1.95 bits per heavy atom. The van der Waals surface area contributed by atoms with Gasteiger partial charge < -0.3 is 15.4 Å². The molecule has 0 amide bonds. The summed E-state index contributed by atoms with van der Waals surface area (Å²) >= 11 is 0. The third-order valence-corrected chi connectivity index (χ3v) is 3.59. The van der Waals surface area contributed by atoms with E-state index in [0.717, 1.165) is 39.1 Å². The van der Waals surface area contributed by atoms with Crippen molar-refractivity contribution >= 4 is 11.5 Å². The normalized spacial score (nSPS) is 16.2. The van der Waals surface area contributed by atoms with E-state index in [1.165, 1.54) is 5.69 Å². The average Bonchev–Trinajstić information content (AvgIpc) is 2.45. The van der Waals surface area contributed by atoms with E-state index < -0.39 is 0 Å². The van der Waals surface area contributed by atoms with E-state index in [9.17, 15) is 0 Å². The second-order valence-electron chi connectivity index (χ2n) is 5.11. The van der Waals surface area contributed by atoms with E-state index in [1.54, 1.807) is 0 Å². The summed E-state index contributed by atoms with van der Waals surface area (Å²) in [4.78, 5) is 2.34. The van der Waals surface area contributed by atoms with E-state index in [2.05, 4.69) is 29.2 Å². The van der Waals surface area contributed by atoms with Crippen LogP contribution >= 0.6 is 0 Å². The molecule has 0 saturated carbocycles. The third-order valence-electron chi connectivity index (χ3n) is 3.59. The maximum atomic E-state index is 7.40. The molecule has 1 aromatic rings. The van der Waals surface area contributed by atoms with Gasteiger partial charge in [-0.1, -0.05) is 18.2 Å². The highest BCUT2D eigenvalue weighted by atomic mass is 16.5. The fourth-order valence-corrected chi connectivity index (χ4v) is 2.46. The molecule has 1 heterocycles. The van der Waals surface area contributed by atoms with Crippen molar-refractivity contribution in [2.45, 2.75) is 19.3 Å². The molecule has 1 aliphatic rings. The van der Waals surface area contributed by atoms with Gasteiger partial charge in [-0.3, -0.25) is 5.41 Å². The Hall–Kier alpha value is -1.55. The van der Waals surface area contributed by atoms with Gasteiger partial charge in [0, 0.05) is 38.4 Å². The van der Waals surface area contributed by atoms with Crippen molar-refractivity contribution in [2.75, 3.05) is 31.2 Å². The number of nitrogens with one attached hydrogen (secondary N) is 1. The molecule has 0 unspecified atom stereocenters. The molecular weight excluding hydrogens is 238 g/mol. The molecule has 4 nitrogen and oxygen atoms in total. The molecule has 1 aliphatic heterocycles. The van der Waals surface area contributed by atoms with Crippen LogP contribution in [-0.2, 0) is 4.74 Å². The molecule has 19 heavy (non-hydrogen) atoms. The van der Waals surface area contributed by atoms with Crippen molar-refractivity contribution in [1.82, 2.24) is 0 Å². The highest BCUT2D eigenvalue weighted by Gasteiger charge is 2.18. The summed E-state index contributed by atoms with van der Waals surface area (Å²) < 4.78 is 5.41. The summed E-state index contributed by atoms with van der Waals surface area (Å²) in [5, 5.41) is 7.40. The Kier molecular flexibility index (Phi) is 5.21. The highest BCUT2D eigenvalue weighted by molar-refractivity contribution is 5.77. The number of rotatable bonds is 6. The van der Waals surface area contributed by atoms with Gasteiger partial charge in [0.1, 0.15) is 0 Å². The van der Waals surface area contributed by atoms with Crippen LogP contribution in [0.2, 0.25) is 0 Å². The SMILES string of the molecule is N=C(N)CCN(CC1CCOCC1)c1ccccc1. The number of nitrogens with two attached hydrogens (primary N) is 1. The molecule has 1 aromatic carbocycles. The summed E-state index contributed by atoms with van der Waals surface area (Å²) in [5.74, 6) is 0.939. The Bertz CT molecular complexity index is 388. The topological polar surface area (TPSA) is 62.3 Å². The lowest BCUT2D eigenvalue weighted by molar-refractivity contribution is 0.0682. The largest absolute Gasteiger partial charge is 0.388 e. The monoisotopic (exact) mass is 261 g/mol. The minimum absolute atomic E-state index is 0.257. The molecule has 1 fully saturated rings. The standard InChI is InChI=1S/C15H23N3O/c16-15(17)6-9-18(14-4-2-1-3-5-14)12-13-7-10-19-11-8-13/h1-5,13H,6-12H2,(H3,16,17). The van der Waals surface area contributed by atoms with Crippen molar-refractivity contribution in [2.24, 2.45) is 11.7 Å². The van der Waals surface area contributed by atoms with Crippen molar-refractivity contribution in [1.29, 1.82) is 5.41 Å². The summed E-state index contributed by atoms with van der Waals surface area (Å²) in [5.41, 5.74) is 6.71. The van der Waals surface area contributed by atoms with Crippen LogP contribution in [0.5, 0.6) is 0 Å². The van der Waals surface area contributed by atoms with Crippen molar-refractivity contribution in [3.63, 3.8) is 0 Å². The zero-order valence-corrected chi connectivity index (χ0v) is 11.3. The van der Waals surface area contributed by atoms with Gasteiger partial charge in [0.15, 0.2) is 0 Å². The first-order chi connectivity index (χ1) is 9.25. The number of nitrogens with zero attached hydrogens (tertiary/aromatic N) is 1. The van der Waals surface area contributed by atoms with Crippen molar-refractivity contribution in [3.05, 3.63) is 30.3 Å². The van der Waals surface area contributed by atoms with Crippen LogP contribution in [0.4, 0.5) is 5.69 Å². The fraction of sp³-hybridized carbons (Fsp3) is 0.533. The molecule has 4 heteroatoms. The van der Waals surface area contributed by atoms with Crippen LogP contribution in [0, 0.1) is 11.3 Å². The van der Waals surface area contributed by atoms with Crippen molar-refractivity contribution in [3.8, 4) is 0 Å². The Morgan fingerprint density at radius 3 is 2.58 bits per heavy atom. The lowest BCUT2D eigenvalue weighted by Gasteiger charge is -2.31. The number of ether oxygens (including phenoxy) is 1. The van der Waals surface area contributed by atoms with Crippen LogP contribution in [0.15, 0.2) is 30.3 Å². The van der Waals surface area contributed by atoms with Gasteiger partial charge in [-0.25, -0.2) is 0 Å². The molecule has 0 atom stereocenters. The number of para-hydroxylation sites is 1. The molecule has 104 valence electrons. The van der Waals surface area contributed by atoms with Gasteiger partial charge in [0.25, 0.3) is 0 Å². The van der Waals surface area contributed by atoms with Gasteiger partial charge in [-0.2, -0.15) is 0 Å². The number of hydrogen-bond acceptors (Lipinski definition) is 3. The lowest BCUT2D eigenvalue weighted by atomic mass is 9.99. The maximum absolute atomic E-state index is 7.40. The first kappa shape index (κ1) is 13.9. The van der Waals surface area contributed by atoms with Crippen LogP contribution in [0.3, 0.4) is 0 Å². The number of benzene rings is 1. The third kappa shape index (κ3) is 4.56. The summed E-state index contributed by atoms with van der Waals surface area (Å²) in [6.45, 7) is 3.59.